The maximum absolute atomic E-state index is 11.8. The lowest BCUT2D eigenvalue weighted by atomic mass is 10.2. The molecule has 0 saturated carbocycles. The van der Waals surface area contributed by atoms with Crippen LogP contribution < -0.4 is 0 Å². The highest BCUT2D eigenvalue weighted by molar-refractivity contribution is 7.10. The van der Waals surface area contributed by atoms with Gasteiger partial charge in [-0.1, -0.05) is 0 Å². The van der Waals surface area contributed by atoms with Crippen molar-refractivity contribution < 1.29 is 9.53 Å². The molecule has 0 atom stereocenters. The number of amides is 1. The maximum atomic E-state index is 11.8. The predicted octanol–water partition coefficient (Wildman–Crippen LogP) is 2.83. The van der Waals surface area contributed by atoms with Crippen LogP contribution in [0.5, 0.6) is 0 Å². The number of aryl methyl sites for hydroxylation is 1. The molecule has 3 nitrogen and oxygen atoms in total. The van der Waals surface area contributed by atoms with Crippen molar-refractivity contribution in [2.75, 3.05) is 13.7 Å². The molecule has 1 aromatic rings. The molecule has 96 valence electrons. The third-order valence-corrected chi connectivity index (χ3v) is 3.41. The van der Waals surface area contributed by atoms with Gasteiger partial charge >= 0.3 is 0 Å². The summed E-state index contributed by atoms with van der Waals surface area (Å²) >= 11 is 1.68. The number of thiophene rings is 1. The third kappa shape index (κ3) is 4.88. The molecule has 17 heavy (non-hydrogen) atoms. The van der Waals surface area contributed by atoms with Gasteiger partial charge in [0.2, 0.25) is 5.91 Å². The fourth-order valence-electron chi connectivity index (χ4n) is 1.26. The maximum Gasteiger partial charge on any atom is 0.248 e. The lowest BCUT2D eigenvalue weighted by Gasteiger charge is -2.22. The zero-order valence-corrected chi connectivity index (χ0v) is 12.1. The minimum absolute atomic E-state index is 0.0210. The van der Waals surface area contributed by atoms with E-state index in [1.807, 2.05) is 27.8 Å². The summed E-state index contributed by atoms with van der Waals surface area (Å²) in [6.45, 7) is 8.72. The molecule has 0 spiro atoms. The summed E-state index contributed by atoms with van der Waals surface area (Å²) in [5.74, 6) is 0.0210. The summed E-state index contributed by atoms with van der Waals surface area (Å²) in [5.41, 5.74) is 0.974. The molecule has 0 aliphatic rings. The van der Waals surface area contributed by atoms with Crippen LogP contribution >= 0.6 is 11.3 Å². The Hall–Kier alpha value is -0.870. The van der Waals surface area contributed by atoms with Crippen LogP contribution in [0.3, 0.4) is 0 Å². The monoisotopic (exact) mass is 255 g/mol. The van der Waals surface area contributed by atoms with Crippen LogP contribution in [0, 0.1) is 6.92 Å². The van der Waals surface area contributed by atoms with Gasteiger partial charge in [-0.3, -0.25) is 4.79 Å². The summed E-state index contributed by atoms with van der Waals surface area (Å²) in [6, 6.07) is 2.07. The van der Waals surface area contributed by atoms with Crippen LogP contribution in [0.25, 0.3) is 0 Å². The van der Waals surface area contributed by atoms with E-state index in [-0.39, 0.29) is 18.1 Å². The average molecular weight is 255 g/mol. The Morgan fingerprint density at radius 1 is 1.47 bits per heavy atom. The van der Waals surface area contributed by atoms with E-state index >= 15 is 0 Å². The number of likely N-dealkylation sites (N-methyl/N-ethyl adjacent to an activating group) is 1. The van der Waals surface area contributed by atoms with Crippen LogP contribution in [-0.4, -0.2) is 30.1 Å². The van der Waals surface area contributed by atoms with E-state index in [4.69, 9.17) is 4.74 Å². The number of nitrogens with zero attached hydrogens (tertiary/aromatic N) is 1. The predicted molar refractivity (Wildman–Crippen MR) is 71.2 cm³/mol. The molecule has 0 aliphatic carbocycles. The second-order valence-corrected chi connectivity index (χ2v) is 6.18. The Bertz CT molecular complexity index is 379. The first kappa shape index (κ1) is 14.2. The third-order valence-electron chi connectivity index (χ3n) is 2.40. The molecular formula is C13H21NO2S. The summed E-state index contributed by atoms with van der Waals surface area (Å²) in [7, 11) is 1.81. The number of ether oxygens (including phenoxy) is 1. The molecule has 1 amide bonds. The molecule has 0 saturated heterocycles. The van der Waals surface area contributed by atoms with Crippen LogP contribution in [0.1, 0.15) is 31.2 Å². The van der Waals surface area contributed by atoms with Crippen LogP contribution in [0.15, 0.2) is 11.4 Å². The number of hydrogen-bond acceptors (Lipinski definition) is 3. The summed E-state index contributed by atoms with van der Waals surface area (Å²) in [5, 5.41) is 2.05. The highest BCUT2D eigenvalue weighted by Gasteiger charge is 2.16. The van der Waals surface area contributed by atoms with Crippen LogP contribution in [0.2, 0.25) is 0 Å². The van der Waals surface area contributed by atoms with E-state index in [2.05, 4.69) is 18.4 Å². The van der Waals surface area contributed by atoms with Gasteiger partial charge in [-0.05, 0) is 44.7 Å². The van der Waals surface area contributed by atoms with Crippen molar-refractivity contribution in [1.82, 2.24) is 4.90 Å². The zero-order chi connectivity index (χ0) is 13.1. The molecule has 0 aliphatic heterocycles. The molecule has 0 N–H and O–H groups in total. The van der Waals surface area contributed by atoms with Gasteiger partial charge in [0, 0.05) is 11.9 Å². The number of hydrogen-bond donors (Lipinski definition) is 0. The molecule has 4 heteroatoms. The highest BCUT2D eigenvalue weighted by Crippen LogP contribution is 2.17. The SMILES string of the molecule is Cc1ccsc1CN(C)C(=O)COC(C)(C)C. The van der Waals surface area contributed by atoms with Gasteiger partial charge in [0.15, 0.2) is 0 Å². The second-order valence-electron chi connectivity index (χ2n) is 5.18. The molecule has 1 rings (SSSR count). The van der Waals surface area contributed by atoms with E-state index in [0.717, 1.165) is 0 Å². The fourth-order valence-corrected chi connectivity index (χ4v) is 2.22. The average Bonchev–Trinajstić information content (AvgIpc) is 2.59. The number of carbonyl (C=O) groups is 1. The van der Waals surface area contributed by atoms with Crippen molar-refractivity contribution in [1.29, 1.82) is 0 Å². The van der Waals surface area contributed by atoms with Gasteiger partial charge < -0.3 is 9.64 Å². The number of rotatable bonds is 4. The van der Waals surface area contributed by atoms with E-state index in [1.165, 1.54) is 10.4 Å². The number of carbonyl (C=O) groups excluding carboxylic acids is 1. The fraction of sp³-hybridized carbons (Fsp3) is 0.615. The largest absolute Gasteiger partial charge is 0.366 e. The first-order chi connectivity index (χ1) is 7.79. The van der Waals surface area contributed by atoms with Gasteiger partial charge in [-0.2, -0.15) is 0 Å². The Morgan fingerprint density at radius 3 is 2.59 bits per heavy atom. The van der Waals surface area contributed by atoms with Gasteiger partial charge in [-0.15, -0.1) is 11.3 Å². The van der Waals surface area contributed by atoms with Gasteiger partial charge in [0.1, 0.15) is 6.61 Å². The van der Waals surface area contributed by atoms with E-state index in [9.17, 15) is 4.79 Å². The lowest BCUT2D eigenvalue weighted by molar-refractivity contribution is -0.140. The quantitative estimate of drug-likeness (QED) is 0.828. The molecule has 0 bridgehead atoms. The van der Waals surface area contributed by atoms with Crippen molar-refractivity contribution in [3.05, 3.63) is 21.9 Å². The molecule has 0 unspecified atom stereocenters. The molecule has 1 aromatic heterocycles. The standard InChI is InChI=1S/C13H21NO2S/c1-10-6-7-17-11(10)8-14(5)12(15)9-16-13(2,3)4/h6-7H,8-9H2,1-5H3. The highest BCUT2D eigenvalue weighted by atomic mass is 32.1. The summed E-state index contributed by atoms with van der Waals surface area (Å²) in [4.78, 5) is 14.8. The minimum Gasteiger partial charge on any atom is -0.366 e. The van der Waals surface area contributed by atoms with E-state index < -0.39 is 0 Å². The van der Waals surface area contributed by atoms with E-state index in [1.54, 1.807) is 16.2 Å². The van der Waals surface area contributed by atoms with Crippen molar-refractivity contribution in [2.45, 2.75) is 39.8 Å². The lowest BCUT2D eigenvalue weighted by Crippen LogP contribution is -2.33. The molecule has 1 heterocycles. The molecular weight excluding hydrogens is 234 g/mol. The Morgan fingerprint density at radius 2 is 2.12 bits per heavy atom. The molecule has 0 fully saturated rings. The Kier molecular flexibility index (Phi) is 4.71. The van der Waals surface area contributed by atoms with E-state index in [0.29, 0.717) is 6.54 Å². The normalized spacial score (nSPS) is 11.6. The molecule has 0 radical (unpaired) electrons. The summed E-state index contributed by atoms with van der Waals surface area (Å²) in [6.07, 6.45) is 0. The smallest absolute Gasteiger partial charge is 0.248 e. The first-order valence-electron chi connectivity index (χ1n) is 5.70. The first-order valence-corrected chi connectivity index (χ1v) is 6.58. The van der Waals surface area contributed by atoms with Crippen molar-refractivity contribution in [3.63, 3.8) is 0 Å². The summed E-state index contributed by atoms with van der Waals surface area (Å²) < 4.78 is 5.47. The van der Waals surface area contributed by atoms with Crippen molar-refractivity contribution in [2.24, 2.45) is 0 Å². The topological polar surface area (TPSA) is 29.5 Å². The Labute approximate surface area is 107 Å². The van der Waals surface area contributed by atoms with Gasteiger partial charge in [0.25, 0.3) is 0 Å². The minimum atomic E-state index is -0.269. The zero-order valence-electron chi connectivity index (χ0n) is 11.2. The van der Waals surface area contributed by atoms with Crippen molar-refractivity contribution >= 4 is 17.2 Å². The van der Waals surface area contributed by atoms with Gasteiger partial charge in [0.05, 0.1) is 12.1 Å². The van der Waals surface area contributed by atoms with Gasteiger partial charge in [-0.25, -0.2) is 0 Å². The van der Waals surface area contributed by atoms with Crippen LogP contribution in [0.4, 0.5) is 0 Å². The van der Waals surface area contributed by atoms with Crippen molar-refractivity contribution in [3.8, 4) is 0 Å². The van der Waals surface area contributed by atoms with Crippen LogP contribution in [-0.2, 0) is 16.1 Å². The Balaban J connectivity index is 2.45. The molecule has 0 aromatic carbocycles. The second kappa shape index (κ2) is 5.65.